The van der Waals surface area contributed by atoms with E-state index in [1.165, 1.54) is 12.1 Å². The summed E-state index contributed by atoms with van der Waals surface area (Å²) in [5.74, 6) is -1.03. The number of fused-ring (bicyclic) bond motifs is 1. The maximum absolute atomic E-state index is 13.0. The third-order valence-electron chi connectivity index (χ3n) is 6.06. The number of aliphatic hydroxyl groups is 1. The van der Waals surface area contributed by atoms with Crippen molar-refractivity contribution in [2.24, 2.45) is 4.99 Å². The number of aryl methyl sites for hydroxylation is 1. The van der Waals surface area contributed by atoms with E-state index in [1.54, 1.807) is 16.5 Å². The summed E-state index contributed by atoms with van der Waals surface area (Å²) in [7, 11) is 1.78. The monoisotopic (exact) mass is 474 g/mol. The molecule has 2 aromatic carbocycles. The zero-order valence-electron chi connectivity index (χ0n) is 18.6. The first-order valence-corrected chi connectivity index (χ1v) is 11.0. The molecule has 4 rings (SSSR count). The van der Waals surface area contributed by atoms with Crippen LogP contribution in [0, 0.1) is 0 Å². The molecule has 1 atom stereocenters. The second kappa shape index (κ2) is 9.46. The van der Waals surface area contributed by atoms with Crippen LogP contribution in [0.2, 0.25) is 0 Å². The van der Waals surface area contributed by atoms with Gasteiger partial charge in [0.25, 0.3) is 5.91 Å². The number of amides is 2. The van der Waals surface area contributed by atoms with Crippen LogP contribution in [-0.2, 0) is 17.5 Å². The average molecular weight is 474 g/mol. The van der Waals surface area contributed by atoms with Crippen LogP contribution in [0.3, 0.4) is 0 Å². The minimum atomic E-state index is -4.57. The molecule has 34 heavy (non-hydrogen) atoms. The number of benzene rings is 2. The molecule has 2 amide bonds. The molecule has 1 aliphatic rings. The molecule has 1 fully saturated rings. The summed E-state index contributed by atoms with van der Waals surface area (Å²) in [4.78, 5) is 34.2. The zero-order chi connectivity index (χ0) is 24.5. The predicted octanol–water partition coefficient (Wildman–Crippen LogP) is 3.45. The van der Waals surface area contributed by atoms with Crippen LogP contribution in [0.25, 0.3) is 11.0 Å². The molecule has 0 aliphatic carbocycles. The van der Waals surface area contributed by atoms with Gasteiger partial charge >= 0.3 is 6.18 Å². The Balaban J connectivity index is 1.76. The van der Waals surface area contributed by atoms with Gasteiger partial charge in [0.15, 0.2) is 0 Å². The summed E-state index contributed by atoms with van der Waals surface area (Å²) >= 11 is 0. The Morgan fingerprint density at radius 1 is 1.24 bits per heavy atom. The molecule has 0 bridgehead atoms. The van der Waals surface area contributed by atoms with Crippen LogP contribution in [0.15, 0.2) is 47.5 Å². The van der Waals surface area contributed by atoms with Crippen molar-refractivity contribution in [1.82, 2.24) is 14.5 Å². The number of aromatic nitrogens is 2. The normalized spacial score (nSPS) is 17.6. The van der Waals surface area contributed by atoms with E-state index in [2.05, 4.69) is 9.98 Å². The number of nitrogens with zero attached hydrogens (tertiary/aromatic N) is 3. The minimum absolute atomic E-state index is 0.0509. The number of imidazole rings is 1. The number of piperidine rings is 1. The van der Waals surface area contributed by atoms with Crippen molar-refractivity contribution in [3.8, 4) is 0 Å². The largest absolute Gasteiger partial charge is 0.416 e. The number of hydrogen-bond acceptors (Lipinski definition) is 3. The van der Waals surface area contributed by atoms with E-state index in [9.17, 15) is 27.9 Å². The maximum atomic E-state index is 13.0. The Bertz CT molecular complexity index is 1290. The zero-order valence-corrected chi connectivity index (χ0v) is 18.6. The summed E-state index contributed by atoms with van der Waals surface area (Å²) in [6.07, 6.45) is -2.53. The van der Waals surface area contributed by atoms with Crippen molar-refractivity contribution in [3.05, 3.63) is 64.8 Å². The number of alkyl halides is 3. The number of likely N-dealkylation sites (N-methyl/N-ethyl adjacent to an activating group) is 1. The number of H-pyrrole nitrogens is 1. The topological polar surface area (TPSA) is 90.7 Å². The standard InChI is InChI=1S/C24H25F3N4O3/c1-30-10-3-7-18(22(30)34)15-8-9-20-19(14-15)28-23(31(20)11-4-12-32)29-21(33)16-5-2-6-17(13-16)24(25,26)27/h2,5-6,8-9,13-14,18,32H,3-4,7,10-12H2,1H3,(H,28,29,33)/t18-/m1/s1. The van der Waals surface area contributed by atoms with Gasteiger partial charge in [-0.2, -0.15) is 18.2 Å². The number of aromatic amines is 1. The number of halogens is 3. The van der Waals surface area contributed by atoms with Crippen LogP contribution < -0.4 is 5.62 Å². The third-order valence-corrected chi connectivity index (χ3v) is 6.06. The van der Waals surface area contributed by atoms with Crippen molar-refractivity contribution in [3.63, 3.8) is 0 Å². The van der Waals surface area contributed by atoms with Crippen molar-refractivity contribution >= 4 is 22.8 Å². The number of carbonyl (C=O) groups excluding carboxylic acids is 2. The molecule has 0 radical (unpaired) electrons. The fourth-order valence-corrected chi connectivity index (χ4v) is 4.28. The second-order valence-electron chi connectivity index (χ2n) is 8.40. The first-order valence-electron chi connectivity index (χ1n) is 11.0. The molecule has 180 valence electrons. The van der Waals surface area contributed by atoms with E-state index in [-0.39, 0.29) is 29.6 Å². The molecule has 0 spiro atoms. The summed E-state index contributed by atoms with van der Waals surface area (Å²) in [6, 6.07) is 9.66. The smallest absolute Gasteiger partial charge is 0.396 e. The van der Waals surface area contributed by atoms with E-state index >= 15 is 0 Å². The van der Waals surface area contributed by atoms with Crippen LogP contribution >= 0.6 is 0 Å². The molecule has 0 unspecified atom stereocenters. The van der Waals surface area contributed by atoms with Gasteiger partial charge in [-0.25, -0.2) is 0 Å². The molecular weight excluding hydrogens is 449 g/mol. The summed E-state index contributed by atoms with van der Waals surface area (Å²) in [5.41, 5.74) is 1.26. The Kier molecular flexibility index (Phi) is 6.60. The van der Waals surface area contributed by atoms with E-state index < -0.39 is 17.6 Å². The lowest BCUT2D eigenvalue weighted by atomic mass is 9.90. The summed E-state index contributed by atoms with van der Waals surface area (Å²) in [5, 5.41) is 9.29. The van der Waals surface area contributed by atoms with E-state index in [0.29, 0.717) is 24.0 Å². The molecule has 7 nitrogen and oxygen atoms in total. The molecule has 0 saturated carbocycles. The number of likely N-dealkylation sites (tertiary alicyclic amines) is 1. The highest BCUT2D eigenvalue weighted by atomic mass is 19.4. The quantitative estimate of drug-likeness (QED) is 0.594. The van der Waals surface area contributed by atoms with Crippen LogP contribution in [0.5, 0.6) is 0 Å². The number of aliphatic hydroxyl groups excluding tert-OH is 1. The summed E-state index contributed by atoms with van der Waals surface area (Å²) < 4.78 is 40.8. The number of rotatable bonds is 5. The fourth-order valence-electron chi connectivity index (χ4n) is 4.28. The molecular formula is C24H25F3N4O3. The van der Waals surface area contributed by atoms with E-state index in [1.807, 2.05) is 18.2 Å². The molecule has 3 aromatic rings. The van der Waals surface area contributed by atoms with Crippen LogP contribution in [0.4, 0.5) is 13.2 Å². The Hall–Kier alpha value is -3.40. The lowest BCUT2D eigenvalue weighted by molar-refractivity contribution is -0.137. The van der Waals surface area contributed by atoms with Crippen LogP contribution in [0.1, 0.15) is 46.7 Å². The highest BCUT2D eigenvalue weighted by Crippen LogP contribution is 2.30. The van der Waals surface area contributed by atoms with Crippen molar-refractivity contribution < 1.29 is 27.9 Å². The molecule has 10 heteroatoms. The fraction of sp³-hybridized carbons (Fsp3) is 0.375. The van der Waals surface area contributed by atoms with Crippen LogP contribution in [-0.4, -0.2) is 51.6 Å². The average Bonchev–Trinajstić information content (AvgIpc) is 3.14. The van der Waals surface area contributed by atoms with Gasteiger partial charge in [0.1, 0.15) is 0 Å². The van der Waals surface area contributed by atoms with E-state index in [0.717, 1.165) is 37.1 Å². The Labute approximate surface area is 193 Å². The van der Waals surface area contributed by atoms with Gasteiger partial charge < -0.3 is 19.6 Å². The number of nitrogens with one attached hydrogen (secondary N) is 1. The maximum Gasteiger partial charge on any atom is 0.416 e. The minimum Gasteiger partial charge on any atom is -0.396 e. The van der Waals surface area contributed by atoms with Gasteiger partial charge in [-0.15, -0.1) is 0 Å². The van der Waals surface area contributed by atoms with Crippen molar-refractivity contribution in [2.75, 3.05) is 20.2 Å². The molecule has 2 heterocycles. The van der Waals surface area contributed by atoms with Gasteiger partial charge in [-0.1, -0.05) is 12.1 Å². The van der Waals surface area contributed by atoms with Gasteiger partial charge in [0.05, 0.1) is 22.5 Å². The van der Waals surface area contributed by atoms with Gasteiger partial charge in [-0.3, -0.25) is 9.59 Å². The highest BCUT2D eigenvalue weighted by molar-refractivity contribution is 5.95. The summed E-state index contributed by atoms with van der Waals surface area (Å²) in [6.45, 7) is 0.985. The SMILES string of the molecule is CN1CCC[C@H](c2ccc3c(c2)[nH]/c(=N\C(=O)c2cccc(C(F)(F)F)c2)n3CCCO)C1=O. The molecule has 1 saturated heterocycles. The van der Waals surface area contributed by atoms with Crippen molar-refractivity contribution in [1.29, 1.82) is 0 Å². The van der Waals surface area contributed by atoms with Gasteiger partial charge in [0.2, 0.25) is 11.5 Å². The lowest BCUT2D eigenvalue weighted by Crippen LogP contribution is -2.36. The Morgan fingerprint density at radius 2 is 2.03 bits per heavy atom. The molecule has 1 aromatic heterocycles. The van der Waals surface area contributed by atoms with Gasteiger partial charge in [0, 0.05) is 32.3 Å². The third kappa shape index (κ3) is 4.77. The molecule has 2 N–H and O–H groups in total. The number of carbonyl (C=O) groups is 2. The molecule has 1 aliphatic heterocycles. The first-order chi connectivity index (χ1) is 16.2. The van der Waals surface area contributed by atoms with Crippen molar-refractivity contribution in [2.45, 2.75) is 37.9 Å². The van der Waals surface area contributed by atoms with Gasteiger partial charge in [-0.05, 0) is 55.2 Å². The Morgan fingerprint density at radius 3 is 2.76 bits per heavy atom. The first kappa shape index (κ1) is 23.7. The highest BCUT2D eigenvalue weighted by Gasteiger charge is 2.31. The second-order valence-corrected chi connectivity index (χ2v) is 8.40. The lowest BCUT2D eigenvalue weighted by Gasteiger charge is -2.29. The van der Waals surface area contributed by atoms with E-state index in [4.69, 9.17) is 0 Å². The number of hydrogen-bond donors (Lipinski definition) is 2. The predicted molar refractivity (Wildman–Crippen MR) is 119 cm³/mol.